The lowest BCUT2D eigenvalue weighted by Crippen LogP contribution is -2.09. The number of hydrogen-bond acceptors (Lipinski definition) is 5. The summed E-state index contributed by atoms with van der Waals surface area (Å²) in [5, 5.41) is 10.6. The molecule has 7 rings (SSSR count). The van der Waals surface area contributed by atoms with Gasteiger partial charge in [0.15, 0.2) is 5.82 Å². The lowest BCUT2D eigenvalue weighted by Gasteiger charge is -2.16. The van der Waals surface area contributed by atoms with Gasteiger partial charge in [-0.15, -0.1) is 0 Å². The Morgan fingerprint density at radius 3 is 2.42 bits per heavy atom. The van der Waals surface area contributed by atoms with E-state index in [9.17, 15) is 8.78 Å². The zero-order valence-corrected chi connectivity index (χ0v) is 23.3. The first-order chi connectivity index (χ1) is 19.4. The van der Waals surface area contributed by atoms with Crippen LogP contribution in [0.3, 0.4) is 0 Å². The highest BCUT2D eigenvalue weighted by Gasteiger charge is 2.29. The van der Waals surface area contributed by atoms with E-state index in [1.807, 2.05) is 36.7 Å². The summed E-state index contributed by atoms with van der Waals surface area (Å²) in [5.41, 5.74) is 8.55. The van der Waals surface area contributed by atoms with Crippen LogP contribution in [0.4, 0.5) is 13.9 Å². The van der Waals surface area contributed by atoms with Crippen molar-refractivity contribution in [1.82, 2.24) is 24.5 Å². The van der Waals surface area contributed by atoms with Gasteiger partial charge in [-0.25, -0.2) is 28.1 Å². The molecule has 2 aliphatic carbocycles. The second kappa shape index (κ2) is 9.60. The number of aromatic nitrogens is 5. The number of rotatable bonds is 4. The van der Waals surface area contributed by atoms with Crippen LogP contribution in [-0.4, -0.2) is 30.8 Å². The fraction of sp³-hybridized carbons (Fsp3) is 0.200. The minimum Gasteiger partial charge on any atom is -0.237 e. The van der Waals surface area contributed by atoms with Crippen molar-refractivity contribution in [2.45, 2.75) is 39.5 Å². The van der Waals surface area contributed by atoms with E-state index in [-0.39, 0.29) is 5.69 Å². The van der Waals surface area contributed by atoms with E-state index < -0.39 is 11.6 Å². The van der Waals surface area contributed by atoms with E-state index in [0.717, 1.165) is 58.4 Å². The molecule has 0 radical (unpaired) electrons. The Morgan fingerprint density at radius 1 is 0.900 bits per heavy atom. The number of aliphatic imine (C=N–C) groups is 1. The topological polar surface area (TPSA) is 60.9 Å². The Balaban J connectivity index is 1.21. The molecule has 2 aromatic carbocycles. The average molecular weight is 573 g/mol. The fourth-order valence-electron chi connectivity index (χ4n) is 5.61. The maximum atomic E-state index is 14.5. The number of thiazole rings is 1. The van der Waals surface area contributed by atoms with Gasteiger partial charge in [0.1, 0.15) is 11.5 Å². The monoisotopic (exact) mass is 572 g/mol. The maximum absolute atomic E-state index is 14.5. The van der Waals surface area contributed by atoms with Gasteiger partial charge in [-0.05, 0) is 69.4 Å². The predicted octanol–water partition coefficient (Wildman–Crippen LogP) is 7.47. The molecule has 0 amide bonds. The largest absolute Gasteiger partial charge is 0.237 e. The molecule has 0 bridgehead atoms. The molecule has 0 N–H and O–H groups in total. The number of nitrogens with zero attached hydrogens (tertiary/aromatic N) is 6. The molecule has 0 unspecified atom stereocenters. The van der Waals surface area contributed by atoms with Gasteiger partial charge in [-0.3, -0.25) is 0 Å². The lowest BCUT2D eigenvalue weighted by atomic mass is 9.96. The number of para-hydroxylation sites is 1. The van der Waals surface area contributed by atoms with Gasteiger partial charge in [0.25, 0.3) is 0 Å². The molecule has 6 nitrogen and oxygen atoms in total. The van der Waals surface area contributed by atoms with Crippen molar-refractivity contribution in [3.05, 3.63) is 99.0 Å². The highest BCUT2D eigenvalue weighted by Crippen LogP contribution is 2.42. The number of fused-ring (bicyclic) bond motifs is 4. The predicted molar refractivity (Wildman–Crippen MR) is 154 cm³/mol. The minimum absolute atomic E-state index is 0.200. The number of benzene rings is 2. The maximum Gasteiger partial charge on any atom is 0.209 e. The molecule has 40 heavy (non-hydrogen) atoms. The van der Waals surface area contributed by atoms with Crippen molar-refractivity contribution >= 4 is 39.3 Å². The van der Waals surface area contributed by atoms with Crippen LogP contribution in [0.2, 0.25) is 0 Å². The summed E-state index contributed by atoms with van der Waals surface area (Å²) in [5.74, 6) is -1.30. The Bertz CT molecular complexity index is 1860. The van der Waals surface area contributed by atoms with Gasteiger partial charge in [0.2, 0.25) is 5.13 Å². The molecule has 0 atom stereocenters. The zero-order valence-electron chi connectivity index (χ0n) is 21.8. The van der Waals surface area contributed by atoms with Gasteiger partial charge >= 0.3 is 0 Å². The van der Waals surface area contributed by atoms with E-state index in [1.54, 1.807) is 17.6 Å². The van der Waals surface area contributed by atoms with Crippen molar-refractivity contribution in [2.24, 2.45) is 4.99 Å². The van der Waals surface area contributed by atoms with Crippen molar-refractivity contribution < 1.29 is 8.78 Å². The van der Waals surface area contributed by atoms with Crippen LogP contribution < -0.4 is 0 Å². The highest BCUT2D eigenvalue weighted by molar-refractivity contribution is 7.15. The molecule has 3 aromatic heterocycles. The van der Waals surface area contributed by atoms with Gasteiger partial charge in [0.05, 0.1) is 39.2 Å². The van der Waals surface area contributed by atoms with Crippen molar-refractivity contribution in [3.63, 3.8) is 0 Å². The standard InChI is InChI=1S/C30H23ClF2N6S/c1-16-26-23(39(37-16)22-11-9-19(32)14-21(22)33)10-8-18(28(26)31)15-34-30-35-29-25(40-30)13-12-24-27(29)17(2)36-38(24)20-6-4-3-5-7-20/h3-7,9,11,14-15H,8,10,12-13H2,1-2H3/b34-15+. The summed E-state index contributed by atoms with van der Waals surface area (Å²) in [6.45, 7) is 3.86. The first-order valence-electron chi connectivity index (χ1n) is 13.0. The van der Waals surface area contributed by atoms with Crippen LogP contribution >= 0.6 is 22.9 Å². The number of hydrogen-bond donors (Lipinski definition) is 0. The molecule has 0 saturated heterocycles. The second-order valence-corrected chi connectivity index (χ2v) is 11.4. The van der Waals surface area contributed by atoms with Crippen molar-refractivity contribution in [3.8, 4) is 22.6 Å². The number of aryl methyl sites for hydroxylation is 3. The normalized spacial score (nSPS) is 14.5. The molecule has 0 saturated carbocycles. The molecular weight excluding hydrogens is 550 g/mol. The van der Waals surface area contributed by atoms with Crippen molar-refractivity contribution in [1.29, 1.82) is 0 Å². The second-order valence-electron chi connectivity index (χ2n) is 9.93. The molecule has 200 valence electrons. The van der Waals surface area contributed by atoms with Crippen LogP contribution in [0.15, 0.2) is 59.1 Å². The molecule has 10 heteroatoms. The highest BCUT2D eigenvalue weighted by atomic mass is 35.5. The van der Waals surface area contributed by atoms with Crippen LogP contribution in [-0.2, 0) is 19.3 Å². The molecule has 0 aliphatic heterocycles. The molecule has 2 aliphatic rings. The molecule has 5 aromatic rings. The molecular formula is C30H23ClF2N6S. The Morgan fingerprint density at radius 2 is 1.62 bits per heavy atom. The van der Waals surface area contributed by atoms with Crippen LogP contribution in [0.1, 0.15) is 39.6 Å². The summed E-state index contributed by atoms with van der Waals surface area (Å²) >= 11 is 8.45. The number of halogens is 3. The first kappa shape index (κ1) is 25.0. The molecule has 0 fully saturated rings. The SMILES string of the molecule is Cc1nn(-c2ccc(F)cc2F)c2c1C(Cl)=C(/C=N/c1nc3c(s1)CCc1c-3c(C)nn1-c1ccccc1)CC2. The summed E-state index contributed by atoms with van der Waals surface area (Å²) < 4.78 is 31.5. The Labute approximate surface area is 238 Å². The molecule has 0 spiro atoms. The van der Waals surface area contributed by atoms with Crippen LogP contribution in [0.25, 0.3) is 27.7 Å². The minimum atomic E-state index is -0.668. The van der Waals surface area contributed by atoms with E-state index in [0.29, 0.717) is 28.7 Å². The summed E-state index contributed by atoms with van der Waals surface area (Å²) in [6, 6.07) is 13.7. The third kappa shape index (κ3) is 4.03. The van der Waals surface area contributed by atoms with Crippen molar-refractivity contribution in [2.75, 3.05) is 0 Å². The first-order valence-corrected chi connectivity index (χ1v) is 14.2. The van der Waals surface area contributed by atoms with Crippen LogP contribution in [0, 0.1) is 25.5 Å². The van der Waals surface area contributed by atoms with E-state index in [1.165, 1.54) is 27.4 Å². The summed E-state index contributed by atoms with van der Waals surface area (Å²) in [4.78, 5) is 10.8. The van der Waals surface area contributed by atoms with Gasteiger partial charge in [-0.1, -0.05) is 41.1 Å². The third-order valence-electron chi connectivity index (χ3n) is 7.43. The zero-order chi connectivity index (χ0) is 27.5. The fourth-order valence-corrected chi connectivity index (χ4v) is 6.91. The van der Waals surface area contributed by atoms with Crippen LogP contribution in [0.5, 0.6) is 0 Å². The quantitative estimate of drug-likeness (QED) is 0.210. The third-order valence-corrected chi connectivity index (χ3v) is 8.88. The van der Waals surface area contributed by atoms with E-state index in [2.05, 4.69) is 17.2 Å². The molecule has 3 heterocycles. The van der Waals surface area contributed by atoms with Gasteiger partial charge in [0, 0.05) is 28.3 Å². The lowest BCUT2D eigenvalue weighted by molar-refractivity contribution is 0.570. The Hall–Kier alpha value is -3.95. The van der Waals surface area contributed by atoms with Gasteiger partial charge < -0.3 is 0 Å². The summed E-state index contributed by atoms with van der Waals surface area (Å²) in [7, 11) is 0. The van der Waals surface area contributed by atoms with Gasteiger partial charge in [-0.2, -0.15) is 10.2 Å². The smallest absolute Gasteiger partial charge is 0.209 e. The van der Waals surface area contributed by atoms with E-state index >= 15 is 0 Å². The Kier molecular flexibility index (Phi) is 6.01. The summed E-state index contributed by atoms with van der Waals surface area (Å²) in [6.07, 6.45) is 4.77. The number of allylic oxidation sites excluding steroid dienone is 1. The average Bonchev–Trinajstić information content (AvgIpc) is 3.62. The van der Waals surface area contributed by atoms with E-state index in [4.69, 9.17) is 26.7 Å².